The Bertz CT molecular complexity index is 1460. The normalized spacial score (nSPS) is 38.5. The summed E-state index contributed by atoms with van der Waals surface area (Å²) in [6, 6.07) is 0. The quantitative estimate of drug-likeness (QED) is 0.0230. The largest absolute Gasteiger partial charge is 0.394 e. The lowest BCUT2D eigenvalue weighted by molar-refractivity contribution is -0.284. The maximum Gasteiger partial charge on any atom is 0.186 e. The Labute approximate surface area is 460 Å². The summed E-state index contributed by atoms with van der Waals surface area (Å²) in [5.74, 6) is 2.28. The molecule has 6 fully saturated rings. The summed E-state index contributed by atoms with van der Waals surface area (Å²) in [6.07, 6.45) is -14.4. The van der Waals surface area contributed by atoms with Crippen LogP contribution >= 0.6 is 59.3 Å². The molecule has 24 nitrogen and oxygen atoms in total. The molecule has 0 spiro atoms. The van der Waals surface area contributed by atoms with E-state index in [1.165, 1.54) is 35.3 Å². The van der Waals surface area contributed by atoms with E-state index >= 15 is 0 Å². The second-order valence-corrected chi connectivity index (χ2v) is 24.7. The Kier molecular flexibility index (Phi) is 30.5. The lowest BCUT2D eigenvalue weighted by atomic mass is 9.85. The van der Waals surface area contributed by atoms with Crippen molar-refractivity contribution < 1.29 is 109 Å². The molecule has 0 saturated carbocycles. The molecule has 6 rings (SSSR count). The Hall–Kier alpha value is 0.210. The monoisotopic (exact) mass is 1180 g/mol. The van der Waals surface area contributed by atoms with Crippen LogP contribution in [0.15, 0.2) is 0 Å². The van der Waals surface area contributed by atoms with Crippen molar-refractivity contribution in [3.05, 3.63) is 0 Å². The van der Waals surface area contributed by atoms with Gasteiger partial charge in [-0.2, -0.15) is 11.8 Å². The van der Waals surface area contributed by atoms with E-state index in [9.17, 15) is 71.5 Å². The first kappa shape index (κ1) is 66.0. The molecule has 6 aliphatic heterocycles. The van der Waals surface area contributed by atoms with Crippen LogP contribution in [0.5, 0.6) is 0 Å². The number of thioether (sulfide) groups is 4. The zero-order chi connectivity index (χ0) is 54.5. The van der Waals surface area contributed by atoms with Crippen LogP contribution in [0.3, 0.4) is 0 Å². The molecule has 0 amide bonds. The second-order valence-electron chi connectivity index (χ2n) is 19.5. The van der Waals surface area contributed by atoms with Crippen LogP contribution in [0.25, 0.3) is 0 Å². The fourth-order valence-corrected chi connectivity index (χ4v) is 13.5. The second kappa shape index (κ2) is 34.6. The summed E-state index contributed by atoms with van der Waals surface area (Å²) < 4.78 is 47.7. The van der Waals surface area contributed by atoms with Gasteiger partial charge >= 0.3 is 0 Å². The molecule has 29 heteroatoms. The smallest absolute Gasteiger partial charge is 0.186 e. The number of rotatable bonds is 31. The highest BCUT2D eigenvalue weighted by Crippen LogP contribution is 2.35. The molecule has 0 aromatic heterocycles. The van der Waals surface area contributed by atoms with Gasteiger partial charge in [-0.25, -0.2) is 0 Å². The third kappa shape index (κ3) is 20.0. The fraction of sp³-hybridized carbons (Fsp3) is 0.978. The first-order valence-corrected chi connectivity index (χ1v) is 30.5. The Morgan fingerprint density at radius 1 is 0.507 bits per heavy atom. The SMILES string of the molecule is OCC1O[C@H](SCCCOCC(CNC(=S)NCCSCC2O[C@@H]3OCCCCCC2[C@H](O)C3O)(COCCCS[C@@H]2OC(CO)[C@@H](O)[C@H](O)C2O)COCCCS[C@@H]2OC(CO)[C@@H](O)[C@H](O)C2O)C(O)[C@@H](O)[C@@H]1O. The number of thiocarbonyl (C=S) groups is 1. The average molecular weight is 1180 g/mol. The van der Waals surface area contributed by atoms with Crippen molar-refractivity contribution in [3.63, 3.8) is 0 Å². The van der Waals surface area contributed by atoms with Crippen LogP contribution in [0.4, 0.5) is 0 Å². The molecule has 0 aromatic rings. The number of fused-ring (bicyclic) bond motifs is 7. The molecule has 440 valence electrons. The highest BCUT2D eigenvalue weighted by molar-refractivity contribution is 8.00. The molecule has 6 heterocycles. The highest BCUT2D eigenvalue weighted by Gasteiger charge is 2.47. The lowest BCUT2D eigenvalue weighted by Crippen LogP contribution is -2.57. The molecule has 20 atom stereocenters. The third-order valence-corrected chi connectivity index (χ3v) is 18.7. The van der Waals surface area contributed by atoms with Crippen LogP contribution in [-0.4, -0.2) is 299 Å². The molecule has 9 unspecified atom stereocenters. The molecule has 0 radical (unpaired) electrons. The van der Waals surface area contributed by atoms with Crippen LogP contribution in [-0.2, 0) is 37.9 Å². The standard InChI is InChI=1S/C46H84N2O22S5/c49-17-26-31(53)34(56)38(60)42(68-26)73-13-4-9-63-22-46(23-64-10-5-14-74-43-39(61)35(57)32(54)27(18-50)69-43,24-65-11-6-15-75-44-40(62)36(58)33(55)28(19-51)70-44)21-48-45(71)47-8-16-72-20-29-25-7-2-1-3-12-66-41(67-29)37(59)30(25)52/h25-44,49-62H,1-24H2,(H2,47,48,71)/t25?,26?,27?,28?,29?,30-,31+,32+,33+,34-,35-,36-,37?,38?,39?,40?,41-,42-,43-,44+,46?/m0/s1. The molecule has 75 heavy (non-hydrogen) atoms. The minimum absolute atomic E-state index is 0.107. The first-order chi connectivity index (χ1) is 36.1. The number of hydrogen-bond acceptors (Lipinski definition) is 27. The van der Waals surface area contributed by atoms with Gasteiger partial charge in [-0.15, -0.1) is 35.3 Å². The predicted octanol–water partition coefficient (Wildman–Crippen LogP) is -4.36. The molecule has 2 bridgehead atoms. The van der Waals surface area contributed by atoms with E-state index in [1.807, 2.05) is 0 Å². The van der Waals surface area contributed by atoms with Gasteiger partial charge in [0.05, 0.1) is 57.3 Å². The van der Waals surface area contributed by atoms with E-state index in [0.29, 0.717) is 66.3 Å². The molecular formula is C46H84N2O22S5. The van der Waals surface area contributed by atoms with Gasteiger partial charge in [0.15, 0.2) is 11.4 Å². The molecule has 6 saturated heterocycles. The zero-order valence-corrected chi connectivity index (χ0v) is 46.2. The summed E-state index contributed by atoms with van der Waals surface area (Å²) in [6.45, 7) is 0.581. The molecule has 6 aliphatic rings. The van der Waals surface area contributed by atoms with Gasteiger partial charge in [0, 0.05) is 56.9 Å². The fourth-order valence-electron chi connectivity index (χ4n) is 9.11. The molecule has 0 aliphatic carbocycles. The summed E-state index contributed by atoms with van der Waals surface area (Å²) >= 11 is 11.0. The summed E-state index contributed by atoms with van der Waals surface area (Å²) in [7, 11) is 0. The summed E-state index contributed by atoms with van der Waals surface area (Å²) in [5.41, 5.74) is -3.57. The third-order valence-electron chi connectivity index (χ3n) is 13.7. The maximum atomic E-state index is 10.9. The highest BCUT2D eigenvalue weighted by atomic mass is 32.2. The van der Waals surface area contributed by atoms with Crippen molar-refractivity contribution in [1.29, 1.82) is 0 Å². The van der Waals surface area contributed by atoms with Gasteiger partial charge in [-0.1, -0.05) is 12.8 Å². The van der Waals surface area contributed by atoms with Crippen LogP contribution < -0.4 is 10.6 Å². The van der Waals surface area contributed by atoms with Crippen LogP contribution in [0, 0.1) is 11.3 Å². The zero-order valence-electron chi connectivity index (χ0n) is 42.1. The molecule has 16 N–H and O–H groups in total. The Morgan fingerprint density at radius 2 is 0.960 bits per heavy atom. The Balaban J connectivity index is 1.18. The predicted molar refractivity (Wildman–Crippen MR) is 282 cm³/mol. The van der Waals surface area contributed by atoms with E-state index in [1.54, 1.807) is 11.8 Å². The average Bonchev–Trinajstić information content (AvgIpc) is 3.41. The van der Waals surface area contributed by atoms with Gasteiger partial charge in [0.25, 0.3) is 0 Å². The maximum absolute atomic E-state index is 10.9. The van der Waals surface area contributed by atoms with Gasteiger partial charge < -0.3 is 120 Å². The van der Waals surface area contributed by atoms with Crippen molar-refractivity contribution in [2.45, 2.75) is 159 Å². The minimum Gasteiger partial charge on any atom is -0.394 e. The van der Waals surface area contributed by atoms with Crippen LogP contribution in [0.1, 0.15) is 44.9 Å². The van der Waals surface area contributed by atoms with E-state index in [2.05, 4.69) is 10.6 Å². The van der Waals surface area contributed by atoms with Crippen molar-refractivity contribution >= 4 is 64.4 Å². The summed E-state index contributed by atoms with van der Waals surface area (Å²) in [5, 5.41) is 150. The van der Waals surface area contributed by atoms with Gasteiger partial charge in [-0.3, -0.25) is 0 Å². The summed E-state index contributed by atoms with van der Waals surface area (Å²) in [4.78, 5) is 0. The lowest BCUT2D eigenvalue weighted by Gasteiger charge is -2.43. The van der Waals surface area contributed by atoms with E-state index in [0.717, 1.165) is 25.7 Å². The minimum atomic E-state index is -1.49. The number of ether oxygens (including phenoxy) is 8. The van der Waals surface area contributed by atoms with Crippen LogP contribution in [0.2, 0.25) is 0 Å². The Morgan fingerprint density at radius 3 is 1.40 bits per heavy atom. The van der Waals surface area contributed by atoms with E-state index in [4.69, 9.17) is 50.1 Å². The van der Waals surface area contributed by atoms with Crippen molar-refractivity contribution in [3.8, 4) is 0 Å². The topological polar surface area (TPSA) is 381 Å². The van der Waals surface area contributed by atoms with Crippen molar-refractivity contribution in [2.75, 3.05) is 108 Å². The number of hydrogen-bond donors (Lipinski definition) is 16. The van der Waals surface area contributed by atoms with E-state index < -0.39 is 133 Å². The number of nitrogens with one attached hydrogen (secondary N) is 2. The van der Waals surface area contributed by atoms with Crippen molar-refractivity contribution in [1.82, 2.24) is 10.6 Å². The van der Waals surface area contributed by atoms with Gasteiger partial charge in [0.2, 0.25) is 0 Å². The van der Waals surface area contributed by atoms with E-state index in [-0.39, 0.29) is 58.2 Å². The molecule has 0 aromatic carbocycles. The number of aliphatic hydroxyl groups excluding tert-OH is 14. The van der Waals surface area contributed by atoms with Gasteiger partial charge in [-0.05, 0) is 61.6 Å². The van der Waals surface area contributed by atoms with Crippen molar-refractivity contribution in [2.24, 2.45) is 11.3 Å². The first-order valence-electron chi connectivity index (χ1n) is 25.8. The van der Waals surface area contributed by atoms with Gasteiger partial charge in [0.1, 0.15) is 95.7 Å². The number of aliphatic hydroxyl groups is 14. The molecular weight excluding hydrogens is 1090 g/mol.